The first kappa shape index (κ1) is 17.4. The van der Waals surface area contributed by atoms with Crippen LogP contribution < -0.4 is 9.64 Å². The van der Waals surface area contributed by atoms with Gasteiger partial charge in [-0.15, -0.1) is 0 Å². The lowest BCUT2D eigenvalue weighted by atomic mass is 10.2. The zero-order chi connectivity index (χ0) is 17.9. The van der Waals surface area contributed by atoms with Gasteiger partial charge in [0.2, 0.25) is 0 Å². The second-order valence-corrected chi connectivity index (χ2v) is 5.02. The number of methoxy groups -OCH3 is 1. The molecule has 2 rings (SSSR count). The Kier molecular flexibility index (Phi) is 4.83. The Hall–Kier alpha value is -2.95. The van der Waals surface area contributed by atoms with Gasteiger partial charge < -0.3 is 9.30 Å². The predicted octanol–water partition coefficient (Wildman–Crippen LogP) is 3.11. The monoisotopic (exact) mass is 337 g/mol. The van der Waals surface area contributed by atoms with Crippen molar-refractivity contribution in [1.29, 1.82) is 5.26 Å². The van der Waals surface area contributed by atoms with Gasteiger partial charge in [-0.3, -0.25) is 9.69 Å². The van der Waals surface area contributed by atoms with Gasteiger partial charge in [-0.2, -0.15) is 18.4 Å². The van der Waals surface area contributed by atoms with Gasteiger partial charge in [0.25, 0.3) is 5.91 Å². The maximum Gasteiger partial charge on any atom is 0.406 e. The van der Waals surface area contributed by atoms with E-state index in [1.807, 2.05) is 6.07 Å². The van der Waals surface area contributed by atoms with Crippen LogP contribution in [0.15, 0.2) is 36.5 Å². The fourth-order valence-corrected chi connectivity index (χ4v) is 2.27. The lowest BCUT2D eigenvalue weighted by Crippen LogP contribution is -2.40. The van der Waals surface area contributed by atoms with Crippen LogP contribution in [0.25, 0.3) is 0 Å². The zero-order valence-corrected chi connectivity index (χ0v) is 13.0. The number of nitrogens with zero attached hydrogens (tertiary/aromatic N) is 3. The normalized spacial score (nSPS) is 11.0. The predicted molar refractivity (Wildman–Crippen MR) is 80.9 cm³/mol. The Balaban J connectivity index is 2.52. The SMILES string of the molecule is COc1ccccc1N(CC(F)(F)F)C(=O)c1cc(C#N)cn1C. The number of halogens is 3. The highest BCUT2D eigenvalue weighted by Gasteiger charge is 2.36. The number of ether oxygens (including phenoxy) is 1. The minimum Gasteiger partial charge on any atom is -0.495 e. The number of benzene rings is 1. The van der Waals surface area contributed by atoms with Crippen LogP contribution in [0, 0.1) is 11.3 Å². The molecule has 0 aliphatic heterocycles. The zero-order valence-electron chi connectivity index (χ0n) is 13.0. The van der Waals surface area contributed by atoms with E-state index in [9.17, 15) is 18.0 Å². The Labute approximate surface area is 136 Å². The Morgan fingerprint density at radius 3 is 2.58 bits per heavy atom. The summed E-state index contributed by atoms with van der Waals surface area (Å²) in [6.07, 6.45) is -3.22. The first-order valence-corrected chi connectivity index (χ1v) is 6.85. The highest BCUT2D eigenvalue weighted by atomic mass is 19.4. The largest absolute Gasteiger partial charge is 0.495 e. The highest BCUT2D eigenvalue weighted by Crippen LogP contribution is 2.31. The summed E-state index contributed by atoms with van der Waals surface area (Å²) < 4.78 is 45.3. The molecular formula is C16H14F3N3O2. The number of hydrogen-bond acceptors (Lipinski definition) is 3. The second-order valence-electron chi connectivity index (χ2n) is 5.02. The molecule has 1 amide bonds. The topological polar surface area (TPSA) is 58.3 Å². The van der Waals surface area contributed by atoms with E-state index < -0.39 is 18.6 Å². The number of carbonyl (C=O) groups is 1. The number of amides is 1. The van der Waals surface area contributed by atoms with Crippen molar-refractivity contribution in [2.45, 2.75) is 6.18 Å². The molecule has 0 unspecified atom stereocenters. The Morgan fingerprint density at radius 1 is 1.38 bits per heavy atom. The lowest BCUT2D eigenvalue weighted by molar-refractivity contribution is -0.118. The molecule has 0 fully saturated rings. The quantitative estimate of drug-likeness (QED) is 0.861. The number of aryl methyl sites for hydroxylation is 1. The third kappa shape index (κ3) is 3.68. The molecule has 2 aromatic rings. The van der Waals surface area contributed by atoms with Crippen molar-refractivity contribution in [3.63, 3.8) is 0 Å². The Morgan fingerprint density at radius 2 is 2.04 bits per heavy atom. The second kappa shape index (κ2) is 6.66. The van der Waals surface area contributed by atoms with E-state index in [1.165, 1.54) is 49.2 Å². The average molecular weight is 337 g/mol. The maximum atomic E-state index is 13.0. The van der Waals surface area contributed by atoms with Crippen LogP contribution >= 0.6 is 0 Å². The van der Waals surface area contributed by atoms with E-state index in [0.717, 1.165) is 0 Å². The van der Waals surface area contributed by atoms with Crippen LogP contribution in [0.5, 0.6) is 5.75 Å². The van der Waals surface area contributed by atoms with Gasteiger partial charge in [-0.1, -0.05) is 12.1 Å². The highest BCUT2D eigenvalue weighted by molar-refractivity contribution is 6.06. The molecule has 5 nitrogen and oxygen atoms in total. The number of rotatable bonds is 4. The van der Waals surface area contributed by atoms with Crippen molar-refractivity contribution in [2.24, 2.45) is 7.05 Å². The van der Waals surface area contributed by atoms with Crippen LogP contribution in [0.3, 0.4) is 0 Å². The summed E-state index contributed by atoms with van der Waals surface area (Å²) in [6, 6.07) is 9.05. The number of carbonyl (C=O) groups excluding carboxylic acids is 1. The molecule has 1 aromatic carbocycles. The van der Waals surface area contributed by atoms with Crippen molar-refractivity contribution < 1.29 is 22.7 Å². The molecular weight excluding hydrogens is 323 g/mol. The van der Waals surface area contributed by atoms with Gasteiger partial charge in [0.05, 0.1) is 18.4 Å². The third-order valence-electron chi connectivity index (χ3n) is 3.31. The maximum absolute atomic E-state index is 13.0. The first-order valence-electron chi connectivity index (χ1n) is 6.85. The lowest BCUT2D eigenvalue weighted by Gasteiger charge is -2.25. The molecule has 8 heteroatoms. The summed E-state index contributed by atoms with van der Waals surface area (Å²) in [7, 11) is 2.80. The summed E-state index contributed by atoms with van der Waals surface area (Å²) in [5.41, 5.74) is 0.163. The fourth-order valence-electron chi connectivity index (χ4n) is 2.27. The summed E-state index contributed by atoms with van der Waals surface area (Å²) >= 11 is 0. The molecule has 0 atom stereocenters. The van der Waals surface area contributed by atoms with Gasteiger partial charge in [0.15, 0.2) is 0 Å². The number of alkyl halides is 3. The molecule has 0 saturated carbocycles. The van der Waals surface area contributed by atoms with Gasteiger partial charge in [-0.25, -0.2) is 0 Å². The van der Waals surface area contributed by atoms with Crippen molar-refractivity contribution in [1.82, 2.24) is 4.57 Å². The Bertz CT molecular complexity index is 791. The summed E-state index contributed by atoms with van der Waals surface area (Å²) in [5.74, 6) is -0.731. The molecule has 0 radical (unpaired) electrons. The standard InChI is InChI=1S/C16H14F3N3O2/c1-21-9-11(8-20)7-13(21)15(23)22(10-16(17,18)19)12-5-3-4-6-14(12)24-2/h3-7,9H,10H2,1-2H3. The number of hydrogen-bond donors (Lipinski definition) is 0. The van der Waals surface area contributed by atoms with Crippen LogP contribution in [0.1, 0.15) is 16.1 Å². The van der Waals surface area contributed by atoms with Gasteiger partial charge in [0.1, 0.15) is 24.1 Å². The molecule has 0 aliphatic carbocycles. The van der Waals surface area contributed by atoms with Crippen LogP contribution in [0.4, 0.5) is 18.9 Å². The minimum absolute atomic E-state index is 0.00188. The number of anilines is 1. The number of aromatic nitrogens is 1. The van der Waals surface area contributed by atoms with Crippen molar-refractivity contribution in [2.75, 3.05) is 18.6 Å². The molecule has 1 aromatic heterocycles. The van der Waals surface area contributed by atoms with Gasteiger partial charge >= 0.3 is 6.18 Å². The number of para-hydroxylation sites is 2. The van der Waals surface area contributed by atoms with Crippen LogP contribution in [-0.4, -0.2) is 30.3 Å². The van der Waals surface area contributed by atoms with E-state index in [4.69, 9.17) is 10.00 Å². The average Bonchev–Trinajstić information content (AvgIpc) is 2.92. The van der Waals surface area contributed by atoms with Crippen molar-refractivity contribution in [3.8, 4) is 11.8 Å². The van der Waals surface area contributed by atoms with Gasteiger partial charge in [-0.05, 0) is 18.2 Å². The van der Waals surface area contributed by atoms with Crippen LogP contribution in [0.2, 0.25) is 0 Å². The van der Waals surface area contributed by atoms with E-state index in [-0.39, 0.29) is 22.7 Å². The molecule has 126 valence electrons. The van der Waals surface area contributed by atoms with E-state index in [0.29, 0.717) is 4.90 Å². The summed E-state index contributed by atoms with van der Waals surface area (Å²) in [4.78, 5) is 13.3. The smallest absolute Gasteiger partial charge is 0.406 e. The third-order valence-corrected chi connectivity index (χ3v) is 3.31. The minimum atomic E-state index is -4.60. The fraction of sp³-hybridized carbons (Fsp3) is 0.250. The van der Waals surface area contributed by atoms with Crippen LogP contribution in [-0.2, 0) is 7.05 Å². The van der Waals surface area contributed by atoms with E-state index in [2.05, 4.69) is 0 Å². The first-order chi connectivity index (χ1) is 11.3. The summed E-state index contributed by atoms with van der Waals surface area (Å²) in [6.45, 7) is -1.47. The van der Waals surface area contributed by atoms with Gasteiger partial charge in [0, 0.05) is 13.2 Å². The van der Waals surface area contributed by atoms with E-state index >= 15 is 0 Å². The molecule has 1 heterocycles. The van der Waals surface area contributed by atoms with Crippen molar-refractivity contribution in [3.05, 3.63) is 47.8 Å². The van der Waals surface area contributed by atoms with Crippen molar-refractivity contribution >= 4 is 11.6 Å². The summed E-state index contributed by atoms with van der Waals surface area (Å²) in [5, 5.41) is 8.89. The van der Waals surface area contributed by atoms with E-state index in [1.54, 1.807) is 6.07 Å². The molecule has 24 heavy (non-hydrogen) atoms. The molecule has 0 N–H and O–H groups in total. The molecule has 0 spiro atoms. The molecule has 0 saturated heterocycles. The molecule has 0 bridgehead atoms. The number of nitriles is 1. The molecule has 0 aliphatic rings.